The van der Waals surface area contributed by atoms with Crippen molar-refractivity contribution in [1.29, 1.82) is 0 Å². The molecular formula is C8H16Si. The van der Waals surface area contributed by atoms with Gasteiger partial charge in [-0.1, -0.05) is 38.0 Å². The molecule has 0 unspecified atom stereocenters. The average molecular weight is 140 g/mol. The second kappa shape index (κ2) is 4.10. The van der Waals surface area contributed by atoms with Crippen LogP contribution in [0.5, 0.6) is 0 Å². The third-order valence-electron chi connectivity index (χ3n) is 1.84. The summed E-state index contributed by atoms with van der Waals surface area (Å²) in [5.74, 6) is 0. The summed E-state index contributed by atoms with van der Waals surface area (Å²) in [5, 5.41) is 0. The van der Waals surface area contributed by atoms with Crippen molar-refractivity contribution in [2.45, 2.75) is 38.0 Å². The monoisotopic (exact) mass is 140 g/mol. The van der Waals surface area contributed by atoms with E-state index in [0.29, 0.717) is 0 Å². The van der Waals surface area contributed by atoms with E-state index in [2.05, 4.69) is 13.5 Å². The molecule has 52 valence electrons. The van der Waals surface area contributed by atoms with Gasteiger partial charge >= 0.3 is 0 Å². The molecule has 0 saturated carbocycles. The summed E-state index contributed by atoms with van der Waals surface area (Å²) in [7, 11) is -1.14. The number of rotatable bonds is 4. The topological polar surface area (TPSA) is 0 Å². The fourth-order valence-electron chi connectivity index (χ4n) is 0.891. The Kier molecular flexibility index (Phi) is 4.20. The molecule has 0 bridgehead atoms. The van der Waals surface area contributed by atoms with Gasteiger partial charge in [0, 0.05) is 0 Å². The lowest BCUT2D eigenvalue weighted by atomic mass is 10.6. The van der Waals surface area contributed by atoms with Crippen LogP contribution in [0.1, 0.15) is 13.3 Å². The van der Waals surface area contributed by atoms with Crippen molar-refractivity contribution in [3.05, 3.63) is 13.8 Å². The molecule has 1 heteroatoms. The lowest BCUT2D eigenvalue weighted by Gasteiger charge is -2.22. The molecule has 0 fully saturated rings. The van der Waals surface area contributed by atoms with Crippen molar-refractivity contribution in [2.75, 3.05) is 0 Å². The summed E-state index contributed by atoms with van der Waals surface area (Å²) >= 11 is 0. The molecule has 0 amide bonds. The van der Waals surface area contributed by atoms with Crippen molar-refractivity contribution in [2.24, 2.45) is 0 Å². The number of hydrogen-bond donors (Lipinski definition) is 0. The average Bonchev–Trinajstić information content (AvgIpc) is 1.89. The van der Waals surface area contributed by atoms with E-state index in [9.17, 15) is 0 Å². The predicted molar refractivity (Wildman–Crippen MR) is 44.9 cm³/mol. The Bertz CT molecular complexity index is 65.0. The largest absolute Gasteiger partial charge is 0.0691 e. The summed E-state index contributed by atoms with van der Waals surface area (Å²) in [5.41, 5.74) is 0. The maximum absolute atomic E-state index is 5.59. The van der Waals surface area contributed by atoms with E-state index >= 15 is 0 Å². The van der Waals surface area contributed by atoms with E-state index in [4.69, 9.17) is 13.8 Å². The molecule has 0 aliphatic rings. The van der Waals surface area contributed by atoms with Crippen LogP contribution in [0.4, 0.5) is 0 Å². The van der Waals surface area contributed by atoms with Crippen LogP contribution in [0.25, 0.3) is 0 Å². The zero-order valence-corrected chi connectivity index (χ0v) is 7.48. The lowest BCUT2D eigenvalue weighted by molar-refractivity contribution is 1.03. The molecule has 4 radical (unpaired) electrons. The first-order chi connectivity index (χ1) is 4.18. The minimum atomic E-state index is -1.14. The zero-order chi connectivity index (χ0) is 7.33. The molecule has 0 aromatic carbocycles. The van der Waals surface area contributed by atoms with Crippen LogP contribution in [0, 0.1) is 13.8 Å². The zero-order valence-electron chi connectivity index (χ0n) is 6.48. The van der Waals surface area contributed by atoms with Gasteiger partial charge in [-0.3, -0.25) is 0 Å². The molecule has 0 saturated heterocycles. The van der Waals surface area contributed by atoms with E-state index < -0.39 is 8.07 Å². The molecule has 0 rings (SSSR count). The Morgan fingerprint density at radius 3 is 1.78 bits per heavy atom. The fourth-order valence-corrected chi connectivity index (χ4v) is 2.67. The normalized spacial score (nSPS) is 12.0. The first kappa shape index (κ1) is 9.22. The smallest absolute Gasteiger partial charge is 0.0510 e. The summed E-state index contributed by atoms with van der Waals surface area (Å²) in [6, 6.07) is 2.97. The van der Waals surface area contributed by atoms with Crippen LogP contribution in [0.2, 0.25) is 24.7 Å². The highest BCUT2D eigenvalue weighted by Crippen LogP contribution is 2.20. The number of hydrogen-bond acceptors (Lipinski definition) is 0. The summed E-state index contributed by atoms with van der Waals surface area (Å²) < 4.78 is 0. The maximum atomic E-state index is 5.59. The van der Waals surface area contributed by atoms with Crippen molar-refractivity contribution >= 4 is 8.07 Å². The summed E-state index contributed by atoms with van der Waals surface area (Å²) in [4.78, 5) is 0. The third kappa shape index (κ3) is 3.04. The van der Waals surface area contributed by atoms with Crippen molar-refractivity contribution in [3.8, 4) is 0 Å². The Balaban J connectivity index is 3.62. The third-order valence-corrected chi connectivity index (χ3v) is 5.52. The van der Waals surface area contributed by atoms with E-state index in [1.165, 1.54) is 12.5 Å². The molecular weight excluding hydrogens is 124 g/mol. The molecule has 0 N–H and O–H groups in total. The Morgan fingerprint density at radius 1 is 1.22 bits per heavy atom. The first-order valence-corrected chi connectivity index (χ1v) is 6.71. The molecule has 0 spiro atoms. The van der Waals surface area contributed by atoms with E-state index in [-0.39, 0.29) is 0 Å². The van der Waals surface area contributed by atoms with Crippen molar-refractivity contribution < 1.29 is 0 Å². The second-order valence-electron chi connectivity index (χ2n) is 2.97. The maximum Gasteiger partial charge on any atom is 0.0510 e. The van der Waals surface area contributed by atoms with Gasteiger partial charge < -0.3 is 0 Å². The van der Waals surface area contributed by atoms with Gasteiger partial charge in [0.25, 0.3) is 0 Å². The Hall–Kier alpha value is 0.217. The van der Waals surface area contributed by atoms with Gasteiger partial charge in [-0.25, -0.2) is 0 Å². The molecule has 0 nitrogen and oxygen atoms in total. The van der Waals surface area contributed by atoms with Gasteiger partial charge in [0.1, 0.15) is 0 Å². The van der Waals surface area contributed by atoms with Crippen LogP contribution in [-0.4, -0.2) is 8.07 Å². The Labute approximate surface area is 60.7 Å². The molecule has 0 aliphatic carbocycles. The molecule has 0 aromatic heterocycles. The summed E-state index contributed by atoms with van der Waals surface area (Å²) in [6.45, 7) is 15.6. The van der Waals surface area contributed by atoms with Crippen LogP contribution in [0.15, 0.2) is 0 Å². The van der Waals surface area contributed by atoms with Crippen LogP contribution in [0.3, 0.4) is 0 Å². The Morgan fingerprint density at radius 2 is 1.67 bits per heavy atom. The molecule has 0 atom stereocenters. The highest BCUT2D eigenvalue weighted by atomic mass is 28.3. The van der Waals surface area contributed by atoms with Gasteiger partial charge in [0.05, 0.1) is 8.07 Å². The minimum absolute atomic E-state index is 0.845. The quantitative estimate of drug-likeness (QED) is 0.527. The highest BCUT2D eigenvalue weighted by molar-refractivity contribution is 6.79. The van der Waals surface area contributed by atoms with Gasteiger partial charge in [0.2, 0.25) is 0 Å². The highest BCUT2D eigenvalue weighted by Gasteiger charge is 2.20. The molecule has 0 aliphatic heterocycles. The van der Waals surface area contributed by atoms with Crippen LogP contribution in [-0.2, 0) is 0 Å². The second-order valence-corrected chi connectivity index (χ2v) is 7.91. The van der Waals surface area contributed by atoms with E-state index in [0.717, 1.165) is 12.1 Å². The molecule has 9 heavy (non-hydrogen) atoms. The van der Waals surface area contributed by atoms with Crippen LogP contribution >= 0.6 is 0 Å². The van der Waals surface area contributed by atoms with E-state index in [1.807, 2.05) is 0 Å². The van der Waals surface area contributed by atoms with Gasteiger partial charge in [-0.15, -0.1) is 0 Å². The minimum Gasteiger partial charge on any atom is -0.0691 e. The lowest BCUT2D eigenvalue weighted by Crippen LogP contribution is -2.26. The first-order valence-electron chi connectivity index (χ1n) is 3.58. The molecule has 0 heterocycles. The summed E-state index contributed by atoms with van der Waals surface area (Å²) in [6.07, 6.45) is 1.23. The standard InChI is InChI=1S/C8H16Si/c1-5-8-9(4,6-2)7-3/h2-3H,5-8H2,1,4H3. The van der Waals surface area contributed by atoms with E-state index in [1.54, 1.807) is 0 Å². The SMILES string of the molecule is [CH]C[Si](C)(C[CH])CCC. The van der Waals surface area contributed by atoms with Crippen molar-refractivity contribution in [3.63, 3.8) is 0 Å². The van der Waals surface area contributed by atoms with Gasteiger partial charge in [-0.05, 0) is 13.8 Å². The van der Waals surface area contributed by atoms with Gasteiger partial charge in [0.15, 0.2) is 0 Å². The predicted octanol–water partition coefficient (Wildman–Crippen LogP) is 2.90. The van der Waals surface area contributed by atoms with Crippen LogP contribution < -0.4 is 0 Å². The van der Waals surface area contributed by atoms with Crippen molar-refractivity contribution in [1.82, 2.24) is 0 Å². The van der Waals surface area contributed by atoms with Gasteiger partial charge in [-0.2, -0.15) is 0 Å². The molecule has 0 aromatic rings. The fraction of sp³-hybridized carbons (Fsp3) is 0.750.